The Labute approximate surface area is 100 Å². The van der Waals surface area contributed by atoms with Crippen LogP contribution in [-0.4, -0.2) is 30.7 Å². The molecule has 0 saturated carbocycles. The van der Waals surface area contributed by atoms with E-state index in [0.717, 1.165) is 24.9 Å². The zero-order valence-electron chi connectivity index (χ0n) is 9.81. The maximum absolute atomic E-state index is 12.3. The number of methoxy groups -OCH3 is 1. The Morgan fingerprint density at radius 2 is 2.41 bits per heavy atom. The summed E-state index contributed by atoms with van der Waals surface area (Å²) in [6, 6.07) is 5.69. The largest absolute Gasteiger partial charge is 0.470 e. The lowest BCUT2D eigenvalue weighted by atomic mass is 10.1. The molecule has 0 aliphatic carbocycles. The SMILES string of the molecule is COCc1ccc2c(c1)C(=O)N1CCC[C@H]1O2. The lowest BCUT2D eigenvalue weighted by molar-refractivity contribution is 0.0293. The van der Waals surface area contributed by atoms with Crippen LogP contribution in [0.15, 0.2) is 18.2 Å². The summed E-state index contributed by atoms with van der Waals surface area (Å²) >= 11 is 0. The van der Waals surface area contributed by atoms with E-state index < -0.39 is 0 Å². The van der Waals surface area contributed by atoms with Crippen molar-refractivity contribution in [2.24, 2.45) is 0 Å². The normalized spacial score (nSPS) is 22.1. The number of ether oxygens (including phenoxy) is 2. The molecule has 1 atom stereocenters. The van der Waals surface area contributed by atoms with Gasteiger partial charge in [-0.2, -0.15) is 0 Å². The smallest absolute Gasteiger partial charge is 0.260 e. The molecule has 1 aromatic carbocycles. The molecule has 3 rings (SSSR count). The van der Waals surface area contributed by atoms with Crippen molar-refractivity contribution in [3.63, 3.8) is 0 Å². The van der Waals surface area contributed by atoms with Gasteiger partial charge in [0, 0.05) is 20.1 Å². The molecule has 4 nitrogen and oxygen atoms in total. The van der Waals surface area contributed by atoms with E-state index in [0.29, 0.717) is 17.9 Å². The van der Waals surface area contributed by atoms with Gasteiger partial charge in [0.05, 0.1) is 12.2 Å². The summed E-state index contributed by atoms with van der Waals surface area (Å²) in [7, 11) is 1.65. The fraction of sp³-hybridized carbons (Fsp3) is 0.462. The second-order valence-corrected chi connectivity index (χ2v) is 4.48. The van der Waals surface area contributed by atoms with Gasteiger partial charge in [0.25, 0.3) is 5.91 Å². The molecule has 1 fully saturated rings. The third-order valence-electron chi connectivity index (χ3n) is 3.31. The minimum atomic E-state index is -0.0525. The van der Waals surface area contributed by atoms with Crippen LogP contribution in [0.5, 0.6) is 5.75 Å². The Morgan fingerprint density at radius 3 is 3.24 bits per heavy atom. The highest BCUT2D eigenvalue weighted by atomic mass is 16.5. The van der Waals surface area contributed by atoms with Gasteiger partial charge >= 0.3 is 0 Å². The maximum atomic E-state index is 12.3. The van der Waals surface area contributed by atoms with Crippen molar-refractivity contribution in [1.82, 2.24) is 4.90 Å². The van der Waals surface area contributed by atoms with Gasteiger partial charge in [0.1, 0.15) is 5.75 Å². The number of carbonyl (C=O) groups is 1. The molecule has 90 valence electrons. The zero-order valence-corrected chi connectivity index (χ0v) is 9.81. The number of benzene rings is 1. The monoisotopic (exact) mass is 233 g/mol. The first-order valence-corrected chi connectivity index (χ1v) is 5.89. The van der Waals surface area contributed by atoms with Crippen LogP contribution in [0.2, 0.25) is 0 Å². The molecular formula is C13H15NO3. The van der Waals surface area contributed by atoms with E-state index in [-0.39, 0.29) is 12.1 Å². The molecule has 1 saturated heterocycles. The topological polar surface area (TPSA) is 38.8 Å². The molecular weight excluding hydrogens is 218 g/mol. The van der Waals surface area contributed by atoms with Gasteiger partial charge in [-0.3, -0.25) is 4.79 Å². The standard InChI is InChI=1S/C13H15NO3/c1-16-8-9-4-5-11-10(7-9)13(15)14-6-2-3-12(14)17-11/h4-5,7,12H,2-3,6,8H2,1H3/t12-/m1/s1. The van der Waals surface area contributed by atoms with Crippen LogP contribution in [0.25, 0.3) is 0 Å². The molecule has 2 heterocycles. The van der Waals surface area contributed by atoms with E-state index in [9.17, 15) is 4.79 Å². The van der Waals surface area contributed by atoms with Crippen LogP contribution in [-0.2, 0) is 11.3 Å². The molecule has 0 spiro atoms. The molecule has 2 aliphatic rings. The Morgan fingerprint density at radius 1 is 1.53 bits per heavy atom. The lowest BCUT2D eigenvalue weighted by Crippen LogP contribution is -2.43. The predicted molar refractivity (Wildman–Crippen MR) is 61.8 cm³/mol. The molecule has 0 unspecified atom stereocenters. The summed E-state index contributed by atoms with van der Waals surface area (Å²) in [6.45, 7) is 1.32. The second kappa shape index (κ2) is 4.04. The van der Waals surface area contributed by atoms with Gasteiger partial charge in [-0.05, 0) is 24.1 Å². The Bertz CT molecular complexity index is 458. The van der Waals surface area contributed by atoms with Crippen molar-refractivity contribution in [3.8, 4) is 5.75 Å². The average Bonchev–Trinajstić information content (AvgIpc) is 2.79. The number of carbonyl (C=O) groups excluding carboxylic acids is 1. The minimum absolute atomic E-state index is 0.0525. The Kier molecular flexibility index (Phi) is 2.52. The lowest BCUT2D eigenvalue weighted by Gasteiger charge is -2.31. The molecule has 2 aliphatic heterocycles. The quantitative estimate of drug-likeness (QED) is 0.781. The van der Waals surface area contributed by atoms with Crippen LogP contribution < -0.4 is 4.74 Å². The van der Waals surface area contributed by atoms with E-state index in [1.165, 1.54) is 0 Å². The average molecular weight is 233 g/mol. The summed E-state index contributed by atoms with van der Waals surface area (Å²) in [6.07, 6.45) is 1.91. The van der Waals surface area contributed by atoms with Crippen LogP contribution in [0.1, 0.15) is 28.8 Å². The fourth-order valence-corrected chi connectivity index (χ4v) is 2.50. The first kappa shape index (κ1) is 10.6. The highest BCUT2D eigenvalue weighted by Crippen LogP contribution is 2.33. The molecule has 0 radical (unpaired) electrons. The van der Waals surface area contributed by atoms with Crippen molar-refractivity contribution in [2.45, 2.75) is 25.7 Å². The zero-order chi connectivity index (χ0) is 11.8. The summed E-state index contributed by atoms with van der Waals surface area (Å²) in [4.78, 5) is 14.1. The summed E-state index contributed by atoms with van der Waals surface area (Å²) in [5, 5.41) is 0. The number of rotatable bonds is 2. The van der Waals surface area contributed by atoms with E-state index in [1.807, 2.05) is 23.1 Å². The molecule has 1 amide bonds. The summed E-state index contributed by atoms with van der Waals surface area (Å²) < 4.78 is 10.9. The first-order chi connectivity index (χ1) is 8.29. The van der Waals surface area contributed by atoms with E-state index in [1.54, 1.807) is 7.11 Å². The minimum Gasteiger partial charge on any atom is -0.470 e. The van der Waals surface area contributed by atoms with E-state index in [2.05, 4.69) is 0 Å². The van der Waals surface area contributed by atoms with Crippen LogP contribution in [0.3, 0.4) is 0 Å². The van der Waals surface area contributed by atoms with E-state index in [4.69, 9.17) is 9.47 Å². The van der Waals surface area contributed by atoms with Crippen LogP contribution in [0, 0.1) is 0 Å². The summed E-state index contributed by atoms with van der Waals surface area (Å²) in [5.74, 6) is 0.796. The van der Waals surface area contributed by atoms with Crippen LogP contribution >= 0.6 is 0 Å². The van der Waals surface area contributed by atoms with Crippen molar-refractivity contribution >= 4 is 5.91 Å². The van der Waals surface area contributed by atoms with Crippen molar-refractivity contribution in [2.75, 3.05) is 13.7 Å². The number of fused-ring (bicyclic) bond motifs is 2. The predicted octanol–water partition coefficient (Wildman–Crippen LogP) is 1.79. The van der Waals surface area contributed by atoms with E-state index >= 15 is 0 Å². The number of hydrogen-bond acceptors (Lipinski definition) is 3. The molecule has 17 heavy (non-hydrogen) atoms. The highest BCUT2D eigenvalue weighted by molar-refractivity contribution is 5.98. The molecule has 0 bridgehead atoms. The number of hydrogen-bond donors (Lipinski definition) is 0. The molecule has 0 N–H and O–H groups in total. The van der Waals surface area contributed by atoms with Gasteiger partial charge in [-0.1, -0.05) is 6.07 Å². The second-order valence-electron chi connectivity index (χ2n) is 4.48. The number of amides is 1. The molecule has 0 aromatic heterocycles. The number of nitrogens with zero attached hydrogens (tertiary/aromatic N) is 1. The Balaban J connectivity index is 1.97. The van der Waals surface area contributed by atoms with Gasteiger partial charge in [-0.15, -0.1) is 0 Å². The van der Waals surface area contributed by atoms with Gasteiger partial charge in [-0.25, -0.2) is 0 Å². The first-order valence-electron chi connectivity index (χ1n) is 5.89. The Hall–Kier alpha value is -1.55. The molecule has 1 aromatic rings. The van der Waals surface area contributed by atoms with Crippen molar-refractivity contribution < 1.29 is 14.3 Å². The third kappa shape index (κ3) is 1.69. The van der Waals surface area contributed by atoms with Gasteiger partial charge in [0.15, 0.2) is 6.23 Å². The van der Waals surface area contributed by atoms with Crippen molar-refractivity contribution in [1.29, 1.82) is 0 Å². The fourth-order valence-electron chi connectivity index (χ4n) is 2.50. The van der Waals surface area contributed by atoms with Gasteiger partial charge < -0.3 is 14.4 Å². The maximum Gasteiger partial charge on any atom is 0.260 e. The highest BCUT2D eigenvalue weighted by Gasteiger charge is 2.36. The van der Waals surface area contributed by atoms with Crippen LogP contribution in [0.4, 0.5) is 0 Å². The summed E-state index contributed by atoms with van der Waals surface area (Å²) in [5.41, 5.74) is 1.67. The third-order valence-corrected chi connectivity index (χ3v) is 3.31. The van der Waals surface area contributed by atoms with Crippen molar-refractivity contribution in [3.05, 3.63) is 29.3 Å². The van der Waals surface area contributed by atoms with Gasteiger partial charge in [0.2, 0.25) is 0 Å². The molecule has 4 heteroatoms.